The summed E-state index contributed by atoms with van der Waals surface area (Å²) < 4.78 is 0. The van der Waals surface area contributed by atoms with E-state index in [1.54, 1.807) is 0 Å². The summed E-state index contributed by atoms with van der Waals surface area (Å²) >= 11 is 0. The lowest BCUT2D eigenvalue weighted by atomic mass is 9.99. The van der Waals surface area contributed by atoms with E-state index in [0.29, 0.717) is 0 Å². The largest absolute Gasteiger partial charge is 0.336 e. The van der Waals surface area contributed by atoms with Crippen LogP contribution in [0.15, 0.2) is 42.5 Å². The quantitative estimate of drug-likeness (QED) is 0.675. The lowest BCUT2D eigenvalue weighted by Gasteiger charge is -2.32. The normalized spacial score (nSPS) is 15.2. The molecule has 4 rings (SSSR count). The second-order valence-electron chi connectivity index (χ2n) is 7.97. The van der Waals surface area contributed by atoms with Gasteiger partial charge in [0.1, 0.15) is 0 Å². The summed E-state index contributed by atoms with van der Waals surface area (Å²) in [5, 5.41) is 0.941. The number of pyridine rings is 1. The summed E-state index contributed by atoms with van der Waals surface area (Å²) in [5.41, 5.74) is 7.17. The maximum atomic E-state index is 13.4. The predicted octanol–water partition coefficient (Wildman–Crippen LogP) is 4.21. The van der Waals surface area contributed by atoms with Crippen LogP contribution in [0, 0.1) is 20.8 Å². The van der Waals surface area contributed by atoms with E-state index in [4.69, 9.17) is 4.98 Å². The van der Waals surface area contributed by atoms with Crippen LogP contribution in [0.2, 0.25) is 0 Å². The highest BCUT2D eigenvalue weighted by molar-refractivity contribution is 6.07. The molecule has 0 radical (unpaired) electrons. The van der Waals surface area contributed by atoms with Gasteiger partial charge >= 0.3 is 0 Å². The average Bonchev–Trinajstić information content (AvgIpc) is 2.69. The van der Waals surface area contributed by atoms with Crippen LogP contribution in [0.3, 0.4) is 0 Å². The zero-order chi connectivity index (χ0) is 19.8. The monoisotopic (exact) mass is 373 g/mol. The van der Waals surface area contributed by atoms with E-state index in [1.165, 1.54) is 11.1 Å². The predicted molar refractivity (Wildman–Crippen MR) is 115 cm³/mol. The fourth-order valence-electron chi connectivity index (χ4n) is 3.75. The van der Waals surface area contributed by atoms with Crippen LogP contribution in [0.1, 0.15) is 27.0 Å². The van der Waals surface area contributed by atoms with Crippen LogP contribution in [0.5, 0.6) is 0 Å². The molecule has 0 bridgehead atoms. The molecule has 4 heteroatoms. The molecule has 0 saturated carbocycles. The summed E-state index contributed by atoms with van der Waals surface area (Å²) in [4.78, 5) is 22.5. The SMILES string of the molecule is Cc1ccc2nc(-c3ccc(C)c(C)c3)cc(C(=O)N3CCN(C)CC3)c2c1. The van der Waals surface area contributed by atoms with Gasteiger partial charge in [0.25, 0.3) is 5.91 Å². The molecular weight excluding hydrogens is 346 g/mol. The summed E-state index contributed by atoms with van der Waals surface area (Å²) in [5.74, 6) is 0.108. The molecule has 2 heterocycles. The van der Waals surface area contributed by atoms with E-state index in [9.17, 15) is 4.79 Å². The molecule has 1 aliphatic rings. The van der Waals surface area contributed by atoms with Crippen molar-refractivity contribution >= 4 is 16.8 Å². The number of carbonyl (C=O) groups is 1. The second-order valence-corrected chi connectivity index (χ2v) is 7.97. The van der Waals surface area contributed by atoms with Gasteiger partial charge in [0.05, 0.1) is 16.8 Å². The first-order valence-electron chi connectivity index (χ1n) is 9.89. The van der Waals surface area contributed by atoms with Gasteiger partial charge < -0.3 is 9.80 Å². The number of hydrogen-bond acceptors (Lipinski definition) is 3. The Bertz CT molecular complexity index is 1050. The smallest absolute Gasteiger partial charge is 0.254 e. The van der Waals surface area contributed by atoms with E-state index in [0.717, 1.165) is 59.5 Å². The Morgan fingerprint density at radius 1 is 0.893 bits per heavy atom. The molecule has 28 heavy (non-hydrogen) atoms. The number of fused-ring (bicyclic) bond motifs is 1. The van der Waals surface area contributed by atoms with Crippen LogP contribution in [0.4, 0.5) is 0 Å². The zero-order valence-corrected chi connectivity index (χ0v) is 17.1. The molecule has 1 saturated heterocycles. The molecule has 3 aromatic rings. The third-order valence-corrected chi connectivity index (χ3v) is 5.79. The van der Waals surface area contributed by atoms with Gasteiger partial charge in [0.2, 0.25) is 0 Å². The van der Waals surface area contributed by atoms with Crippen LogP contribution >= 0.6 is 0 Å². The van der Waals surface area contributed by atoms with Gasteiger partial charge in [-0.05, 0) is 63.2 Å². The van der Waals surface area contributed by atoms with Crippen molar-refractivity contribution in [2.75, 3.05) is 33.2 Å². The molecule has 1 aliphatic heterocycles. The highest BCUT2D eigenvalue weighted by Crippen LogP contribution is 2.28. The Morgan fingerprint density at radius 2 is 1.64 bits per heavy atom. The Morgan fingerprint density at radius 3 is 2.36 bits per heavy atom. The van der Waals surface area contributed by atoms with E-state index in [-0.39, 0.29) is 5.91 Å². The van der Waals surface area contributed by atoms with Gasteiger partial charge in [0.15, 0.2) is 0 Å². The van der Waals surface area contributed by atoms with Gasteiger partial charge in [0, 0.05) is 37.1 Å². The van der Waals surface area contributed by atoms with Crippen LogP contribution in [0.25, 0.3) is 22.2 Å². The van der Waals surface area contributed by atoms with Crippen molar-refractivity contribution in [3.05, 3.63) is 64.7 Å². The number of rotatable bonds is 2. The molecule has 1 amide bonds. The van der Waals surface area contributed by atoms with Crippen molar-refractivity contribution in [3.63, 3.8) is 0 Å². The molecule has 0 aliphatic carbocycles. The first-order valence-corrected chi connectivity index (χ1v) is 9.89. The Labute approximate surface area is 166 Å². The average molecular weight is 374 g/mol. The number of benzene rings is 2. The molecule has 0 N–H and O–H groups in total. The van der Waals surface area contributed by atoms with Crippen LogP contribution < -0.4 is 0 Å². The number of likely N-dealkylation sites (N-methyl/N-ethyl adjacent to an activating group) is 1. The topological polar surface area (TPSA) is 36.4 Å². The molecule has 1 aromatic heterocycles. The van der Waals surface area contributed by atoms with Crippen molar-refractivity contribution in [2.24, 2.45) is 0 Å². The highest BCUT2D eigenvalue weighted by Gasteiger charge is 2.23. The molecule has 4 nitrogen and oxygen atoms in total. The number of piperazine rings is 1. The Balaban J connectivity index is 1.84. The van der Waals surface area contributed by atoms with Crippen LogP contribution in [-0.4, -0.2) is 53.9 Å². The summed E-state index contributed by atoms with van der Waals surface area (Å²) in [7, 11) is 2.10. The number of hydrogen-bond donors (Lipinski definition) is 0. The lowest BCUT2D eigenvalue weighted by molar-refractivity contribution is 0.0666. The Hall–Kier alpha value is -2.72. The van der Waals surface area contributed by atoms with Gasteiger partial charge in [-0.25, -0.2) is 4.98 Å². The number of amides is 1. The number of aromatic nitrogens is 1. The van der Waals surface area contributed by atoms with Crippen LogP contribution in [-0.2, 0) is 0 Å². The van der Waals surface area contributed by atoms with E-state index in [2.05, 4.69) is 63.1 Å². The van der Waals surface area contributed by atoms with Gasteiger partial charge in [-0.2, -0.15) is 0 Å². The van der Waals surface area contributed by atoms with E-state index in [1.807, 2.05) is 17.0 Å². The summed E-state index contributed by atoms with van der Waals surface area (Å²) in [6.45, 7) is 9.64. The van der Waals surface area contributed by atoms with Gasteiger partial charge in [-0.1, -0.05) is 23.8 Å². The maximum absolute atomic E-state index is 13.4. The summed E-state index contributed by atoms with van der Waals surface area (Å²) in [6.07, 6.45) is 0. The van der Waals surface area contributed by atoms with Gasteiger partial charge in [-0.3, -0.25) is 4.79 Å². The van der Waals surface area contributed by atoms with Crippen molar-refractivity contribution in [2.45, 2.75) is 20.8 Å². The molecule has 0 unspecified atom stereocenters. The maximum Gasteiger partial charge on any atom is 0.254 e. The molecular formula is C24H27N3O. The second kappa shape index (κ2) is 7.36. The van der Waals surface area contributed by atoms with Gasteiger partial charge in [-0.15, -0.1) is 0 Å². The molecule has 0 atom stereocenters. The minimum Gasteiger partial charge on any atom is -0.336 e. The number of aryl methyl sites for hydroxylation is 3. The summed E-state index contributed by atoms with van der Waals surface area (Å²) in [6, 6.07) is 14.5. The van der Waals surface area contributed by atoms with Crippen molar-refractivity contribution in [1.82, 2.24) is 14.8 Å². The van der Waals surface area contributed by atoms with E-state index >= 15 is 0 Å². The van der Waals surface area contributed by atoms with Crippen molar-refractivity contribution < 1.29 is 4.79 Å². The fourth-order valence-corrected chi connectivity index (χ4v) is 3.75. The third-order valence-electron chi connectivity index (χ3n) is 5.79. The standard InChI is InChI=1S/C24H27N3O/c1-16-5-8-22-20(13-16)21(24(28)27-11-9-26(4)10-12-27)15-23(25-22)19-7-6-17(2)18(3)14-19/h5-8,13-15H,9-12H2,1-4H3. The zero-order valence-electron chi connectivity index (χ0n) is 17.1. The number of nitrogens with zero attached hydrogens (tertiary/aromatic N) is 3. The number of carbonyl (C=O) groups excluding carboxylic acids is 1. The minimum absolute atomic E-state index is 0.108. The fraction of sp³-hybridized carbons (Fsp3) is 0.333. The molecule has 2 aromatic carbocycles. The minimum atomic E-state index is 0.108. The van der Waals surface area contributed by atoms with E-state index < -0.39 is 0 Å². The Kier molecular flexibility index (Phi) is 4.90. The first-order chi connectivity index (χ1) is 13.4. The first kappa shape index (κ1) is 18.6. The molecule has 1 fully saturated rings. The molecule has 144 valence electrons. The lowest BCUT2D eigenvalue weighted by Crippen LogP contribution is -2.47. The third kappa shape index (κ3) is 3.52. The van der Waals surface area contributed by atoms with Crippen molar-refractivity contribution in [1.29, 1.82) is 0 Å². The molecule has 0 spiro atoms. The van der Waals surface area contributed by atoms with Crippen molar-refractivity contribution in [3.8, 4) is 11.3 Å². The highest BCUT2D eigenvalue weighted by atomic mass is 16.2.